The Hall–Kier alpha value is -3.81. The number of piperidine rings is 1. The zero-order valence-corrected chi connectivity index (χ0v) is 21.5. The number of urea groups is 1. The SMILES string of the molecule is CC(C)(C)OC(=O)N1CCC(N2C(=O)Nc3ccc(C(=O)Nc4cc(F)c(F)c(F)c4)cc3S2(=O)=O)CC1. The fourth-order valence-electron chi connectivity index (χ4n) is 4.17. The largest absolute Gasteiger partial charge is 0.444 e. The normalized spacial score (nSPS) is 17.5. The molecule has 2 N–H and O–H groups in total. The van der Waals surface area contributed by atoms with E-state index in [0.717, 1.165) is 6.07 Å². The molecule has 0 bridgehead atoms. The fraction of sp³-hybridized carbons (Fsp3) is 0.375. The molecule has 38 heavy (non-hydrogen) atoms. The second kappa shape index (κ2) is 9.82. The van der Waals surface area contributed by atoms with Gasteiger partial charge >= 0.3 is 12.1 Å². The first-order valence-corrected chi connectivity index (χ1v) is 13.0. The van der Waals surface area contributed by atoms with E-state index in [-0.39, 0.29) is 47.8 Å². The Kier molecular flexibility index (Phi) is 7.03. The number of carbonyl (C=O) groups excluding carboxylic acids is 3. The van der Waals surface area contributed by atoms with E-state index in [1.165, 1.54) is 17.0 Å². The number of likely N-dealkylation sites (tertiary alicyclic amines) is 1. The highest BCUT2D eigenvalue weighted by atomic mass is 32.2. The molecular weight excluding hydrogens is 529 g/mol. The van der Waals surface area contributed by atoms with Gasteiger partial charge < -0.3 is 20.3 Å². The predicted octanol–water partition coefficient (Wildman–Crippen LogP) is 4.29. The minimum Gasteiger partial charge on any atom is -0.444 e. The summed E-state index contributed by atoms with van der Waals surface area (Å²) in [5.74, 6) is -5.63. The van der Waals surface area contributed by atoms with Gasteiger partial charge in [-0.1, -0.05) is 0 Å². The Balaban J connectivity index is 1.53. The molecule has 0 unspecified atom stereocenters. The monoisotopic (exact) mass is 554 g/mol. The van der Waals surface area contributed by atoms with Crippen molar-refractivity contribution < 1.29 is 40.7 Å². The number of sulfonamides is 1. The minimum atomic E-state index is -4.41. The van der Waals surface area contributed by atoms with Crippen LogP contribution < -0.4 is 10.6 Å². The molecule has 2 aromatic rings. The van der Waals surface area contributed by atoms with E-state index in [2.05, 4.69) is 10.6 Å². The molecule has 2 aliphatic heterocycles. The highest BCUT2D eigenvalue weighted by Crippen LogP contribution is 2.35. The maximum Gasteiger partial charge on any atom is 0.410 e. The number of ether oxygens (including phenoxy) is 1. The third-order valence-corrected chi connectivity index (χ3v) is 7.79. The van der Waals surface area contributed by atoms with Crippen molar-refractivity contribution in [3.63, 3.8) is 0 Å². The summed E-state index contributed by atoms with van der Waals surface area (Å²) >= 11 is 0. The lowest BCUT2D eigenvalue weighted by Crippen LogP contribution is -2.54. The number of carbonyl (C=O) groups is 3. The van der Waals surface area contributed by atoms with Crippen LogP contribution in [0.15, 0.2) is 35.2 Å². The van der Waals surface area contributed by atoms with Gasteiger partial charge in [-0.3, -0.25) is 4.79 Å². The molecule has 4 rings (SSSR count). The second-order valence-corrected chi connectivity index (χ2v) is 11.6. The number of hydrogen-bond acceptors (Lipinski definition) is 6. The van der Waals surface area contributed by atoms with Crippen LogP contribution in [-0.4, -0.2) is 60.4 Å². The predicted molar refractivity (Wildman–Crippen MR) is 130 cm³/mol. The Morgan fingerprint density at radius 2 is 1.66 bits per heavy atom. The number of nitrogens with zero attached hydrogens (tertiary/aromatic N) is 2. The molecular formula is C24H25F3N4O6S. The first kappa shape index (κ1) is 27.2. The van der Waals surface area contributed by atoms with Crippen molar-refractivity contribution in [2.24, 2.45) is 0 Å². The molecule has 1 fully saturated rings. The number of amides is 4. The van der Waals surface area contributed by atoms with Gasteiger partial charge in [-0.15, -0.1) is 0 Å². The van der Waals surface area contributed by atoms with Gasteiger partial charge in [0.2, 0.25) is 0 Å². The van der Waals surface area contributed by atoms with Crippen molar-refractivity contribution in [1.29, 1.82) is 0 Å². The Labute approximate surface area is 216 Å². The van der Waals surface area contributed by atoms with Crippen molar-refractivity contribution in [2.75, 3.05) is 23.7 Å². The number of hydrogen-bond donors (Lipinski definition) is 2. The van der Waals surface area contributed by atoms with E-state index in [4.69, 9.17) is 4.74 Å². The molecule has 0 spiro atoms. The van der Waals surface area contributed by atoms with Gasteiger partial charge in [-0.2, -0.15) is 0 Å². The van der Waals surface area contributed by atoms with Crippen LogP contribution in [0.4, 0.5) is 34.1 Å². The van der Waals surface area contributed by atoms with E-state index in [1.54, 1.807) is 20.8 Å². The van der Waals surface area contributed by atoms with E-state index in [9.17, 15) is 36.0 Å². The quantitative estimate of drug-likeness (QED) is 0.546. The van der Waals surface area contributed by atoms with Gasteiger partial charge in [0.15, 0.2) is 17.5 Å². The number of anilines is 2. The van der Waals surface area contributed by atoms with Crippen molar-refractivity contribution in [2.45, 2.75) is 50.2 Å². The maximum atomic E-state index is 13.5. The van der Waals surface area contributed by atoms with Gasteiger partial charge in [0.25, 0.3) is 15.9 Å². The number of halogens is 3. The summed E-state index contributed by atoms with van der Waals surface area (Å²) in [5.41, 5.74) is -1.31. The van der Waals surface area contributed by atoms with Crippen molar-refractivity contribution in [1.82, 2.24) is 9.21 Å². The maximum absolute atomic E-state index is 13.5. The smallest absolute Gasteiger partial charge is 0.410 e. The summed E-state index contributed by atoms with van der Waals surface area (Å²) in [4.78, 5) is 38.9. The zero-order valence-electron chi connectivity index (χ0n) is 20.7. The van der Waals surface area contributed by atoms with Crippen molar-refractivity contribution in [3.8, 4) is 0 Å². The van der Waals surface area contributed by atoms with Crippen molar-refractivity contribution in [3.05, 3.63) is 53.3 Å². The fourth-order valence-corrected chi connectivity index (χ4v) is 5.92. The van der Waals surface area contributed by atoms with Crippen LogP contribution in [0.3, 0.4) is 0 Å². The molecule has 1 saturated heterocycles. The standard InChI is InChI=1S/C24H25F3N4O6S/c1-24(2,3)37-23(34)30-8-6-15(7-9-30)31-22(33)29-18-5-4-13(10-19(18)38(31,35)36)21(32)28-14-11-16(25)20(27)17(26)12-14/h4-5,10-12,15H,6-9H2,1-3H3,(H,28,32)(H,29,33). The molecule has 0 radical (unpaired) electrons. The minimum absolute atomic E-state index is 0.0483. The molecule has 0 aliphatic carbocycles. The first-order chi connectivity index (χ1) is 17.7. The van der Waals surface area contributed by atoms with Crippen LogP contribution in [-0.2, 0) is 14.8 Å². The summed E-state index contributed by atoms with van der Waals surface area (Å²) in [6.07, 6.45) is -0.199. The summed E-state index contributed by atoms with van der Waals surface area (Å²) in [5, 5.41) is 4.68. The Morgan fingerprint density at radius 3 is 2.24 bits per heavy atom. The van der Waals surface area contributed by atoms with Crippen LogP contribution in [0.25, 0.3) is 0 Å². The number of fused-ring (bicyclic) bond motifs is 1. The summed E-state index contributed by atoms with van der Waals surface area (Å²) in [7, 11) is -4.41. The second-order valence-electron chi connectivity index (χ2n) is 9.85. The third kappa shape index (κ3) is 5.39. The van der Waals surface area contributed by atoms with Gasteiger partial charge in [0.05, 0.1) is 11.7 Å². The third-order valence-electron chi connectivity index (χ3n) is 5.91. The molecule has 2 aliphatic rings. The number of benzene rings is 2. The van der Waals surface area contributed by atoms with E-state index in [0.29, 0.717) is 16.4 Å². The number of rotatable bonds is 3. The van der Waals surface area contributed by atoms with Gasteiger partial charge in [-0.25, -0.2) is 35.5 Å². The molecule has 2 heterocycles. The first-order valence-electron chi connectivity index (χ1n) is 11.6. The van der Waals surface area contributed by atoms with Gasteiger partial charge in [0, 0.05) is 36.5 Å². The van der Waals surface area contributed by atoms with Crippen LogP contribution >= 0.6 is 0 Å². The number of nitrogens with one attached hydrogen (secondary N) is 2. The molecule has 0 aromatic heterocycles. The van der Waals surface area contributed by atoms with Gasteiger partial charge in [0.1, 0.15) is 10.5 Å². The summed E-state index contributed by atoms with van der Waals surface area (Å²) < 4.78 is 73.2. The molecule has 0 saturated carbocycles. The lowest BCUT2D eigenvalue weighted by molar-refractivity contribution is 0.0187. The Bertz CT molecular complexity index is 1400. The van der Waals surface area contributed by atoms with Crippen LogP contribution in [0.1, 0.15) is 44.0 Å². The summed E-state index contributed by atoms with van der Waals surface area (Å²) in [6, 6.07) is 2.99. The van der Waals surface area contributed by atoms with Crippen LogP contribution in [0.5, 0.6) is 0 Å². The zero-order chi connectivity index (χ0) is 28.0. The molecule has 2 aromatic carbocycles. The molecule has 4 amide bonds. The van der Waals surface area contributed by atoms with Crippen LogP contribution in [0.2, 0.25) is 0 Å². The summed E-state index contributed by atoms with van der Waals surface area (Å²) in [6.45, 7) is 5.51. The highest BCUT2D eigenvalue weighted by Gasteiger charge is 2.43. The molecule has 0 atom stereocenters. The van der Waals surface area contributed by atoms with E-state index in [1.807, 2.05) is 0 Å². The topological polar surface area (TPSA) is 125 Å². The molecule has 204 valence electrons. The Morgan fingerprint density at radius 1 is 1.05 bits per heavy atom. The lowest BCUT2D eigenvalue weighted by Gasteiger charge is -2.39. The van der Waals surface area contributed by atoms with E-state index >= 15 is 0 Å². The lowest BCUT2D eigenvalue weighted by atomic mass is 10.1. The average molecular weight is 555 g/mol. The highest BCUT2D eigenvalue weighted by molar-refractivity contribution is 7.90. The van der Waals surface area contributed by atoms with Crippen molar-refractivity contribution >= 4 is 39.4 Å². The average Bonchev–Trinajstić information content (AvgIpc) is 2.81. The molecule has 10 nitrogen and oxygen atoms in total. The molecule has 14 heteroatoms. The van der Waals surface area contributed by atoms with Crippen LogP contribution in [0, 0.1) is 17.5 Å². The van der Waals surface area contributed by atoms with Gasteiger partial charge in [-0.05, 0) is 51.8 Å². The van der Waals surface area contributed by atoms with E-state index < -0.39 is 57.1 Å².